The minimum absolute atomic E-state index is 1.10. The Kier molecular flexibility index (Phi) is 4.41. The van der Waals surface area contributed by atoms with Gasteiger partial charge in [0, 0.05) is 0 Å². The first-order chi connectivity index (χ1) is 9.50. The molecule has 2 rings (SSSR count). The first-order valence-electron chi connectivity index (χ1n) is 6.99. The Hall–Kier alpha value is -1.86. The van der Waals surface area contributed by atoms with Crippen LogP contribution in [0.15, 0.2) is 79.0 Å². The van der Waals surface area contributed by atoms with Crippen molar-refractivity contribution in [2.45, 2.75) is 19.1 Å². The molecule has 2 aromatic rings. The number of hydrogen-bond donors (Lipinski definition) is 0. The van der Waals surface area contributed by atoms with Crippen molar-refractivity contribution in [1.29, 1.82) is 0 Å². The summed E-state index contributed by atoms with van der Waals surface area (Å²) in [5, 5.41) is 1.24. The molecule has 20 heavy (non-hydrogen) atoms. The molecule has 0 aromatic heterocycles. The largest absolute Gasteiger partial charge is 0.0992 e. The zero-order valence-electron chi connectivity index (χ0n) is 12.4. The van der Waals surface area contributed by atoms with E-state index in [4.69, 9.17) is 0 Å². The maximum absolute atomic E-state index is 4.36. The van der Waals surface area contributed by atoms with Gasteiger partial charge in [-0.25, -0.2) is 0 Å². The van der Waals surface area contributed by atoms with Crippen LogP contribution in [0.5, 0.6) is 0 Å². The van der Waals surface area contributed by atoms with E-state index in [9.17, 15) is 0 Å². The van der Waals surface area contributed by atoms with Crippen LogP contribution in [-0.4, -0.2) is 8.07 Å². The molecule has 0 aliphatic rings. The van der Waals surface area contributed by atoms with Gasteiger partial charge in [0.2, 0.25) is 0 Å². The minimum Gasteiger partial charge on any atom is -0.0992 e. The molecule has 0 N–H and O–H groups in total. The van der Waals surface area contributed by atoms with Gasteiger partial charge in [-0.05, 0) is 17.2 Å². The maximum atomic E-state index is 4.36. The van der Waals surface area contributed by atoms with Crippen LogP contribution in [0, 0.1) is 0 Å². The summed E-state index contributed by atoms with van der Waals surface area (Å²) in [4.78, 5) is 0. The Labute approximate surface area is 123 Å². The Balaban J connectivity index is 2.17. The van der Waals surface area contributed by atoms with E-state index >= 15 is 0 Å². The molecule has 0 amide bonds. The lowest BCUT2D eigenvalue weighted by Gasteiger charge is -2.27. The number of benzene rings is 2. The average Bonchev–Trinajstić information content (AvgIpc) is 2.47. The highest BCUT2D eigenvalue weighted by Gasteiger charge is 2.26. The van der Waals surface area contributed by atoms with Gasteiger partial charge in [-0.2, -0.15) is 0 Å². The molecule has 2 aromatic carbocycles. The van der Waals surface area contributed by atoms with Crippen molar-refractivity contribution in [3.63, 3.8) is 0 Å². The van der Waals surface area contributed by atoms with E-state index in [1.54, 1.807) is 0 Å². The van der Waals surface area contributed by atoms with E-state index in [-0.39, 0.29) is 0 Å². The van der Waals surface area contributed by atoms with Crippen molar-refractivity contribution in [2.75, 3.05) is 0 Å². The molecule has 0 nitrogen and oxygen atoms in total. The van der Waals surface area contributed by atoms with E-state index in [0.29, 0.717) is 0 Å². The van der Waals surface area contributed by atoms with Crippen molar-refractivity contribution >= 4 is 13.6 Å². The molecule has 0 heterocycles. The van der Waals surface area contributed by atoms with Crippen molar-refractivity contribution in [2.24, 2.45) is 0 Å². The third-order valence-electron chi connectivity index (χ3n) is 3.79. The average molecular weight is 278 g/mol. The summed E-state index contributed by atoms with van der Waals surface area (Å²) in [7, 11) is -1.59. The van der Waals surface area contributed by atoms with Crippen LogP contribution >= 0.6 is 0 Å². The second-order valence-electron chi connectivity index (χ2n) is 5.87. The fourth-order valence-electron chi connectivity index (χ4n) is 2.43. The molecule has 0 saturated carbocycles. The summed E-state index contributed by atoms with van der Waals surface area (Å²) >= 11 is 0. The normalized spacial score (nSPS) is 11.1. The third kappa shape index (κ3) is 3.37. The minimum atomic E-state index is -1.59. The highest BCUT2D eigenvalue weighted by atomic mass is 28.3. The van der Waals surface area contributed by atoms with Gasteiger partial charge in [-0.3, -0.25) is 0 Å². The number of hydrogen-bond acceptors (Lipinski definition) is 0. The summed E-state index contributed by atoms with van der Waals surface area (Å²) < 4.78 is 0. The first kappa shape index (κ1) is 14.5. The lowest BCUT2D eigenvalue weighted by Crippen LogP contribution is -2.32. The summed E-state index contributed by atoms with van der Waals surface area (Å²) in [5.74, 6) is 0. The van der Waals surface area contributed by atoms with Gasteiger partial charge in [-0.15, -0.1) is 0 Å². The van der Waals surface area contributed by atoms with E-state index < -0.39 is 8.07 Å². The van der Waals surface area contributed by atoms with E-state index in [0.717, 1.165) is 11.6 Å². The van der Waals surface area contributed by atoms with Gasteiger partial charge >= 0.3 is 0 Å². The molecule has 0 unspecified atom stereocenters. The monoisotopic (exact) mass is 278 g/mol. The van der Waals surface area contributed by atoms with Crippen LogP contribution in [0.4, 0.5) is 0 Å². The molecule has 0 fully saturated rings. The quantitative estimate of drug-likeness (QED) is 0.515. The summed E-state index contributed by atoms with van der Waals surface area (Å²) in [6.07, 6.45) is 0. The zero-order valence-corrected chi connectivity index (χ0v) is 13.4. The molecule has 0 aliphatic carbocycles. The van der Waals surface area contributed by atoms with Crippen LogP contribution in [0.1, 0.15) is 11.1 Å². The molecular weight excluding hydrogens is 256 g/mol. The van der Waals surface area contributed by atoms with Gasteiger partial charge < -0.3 is 0 Å². The summed E-state index contributed by atoms with van der Waals surface area (Å²) in [5.41, 5.74) is 3.68. The van der Waals surface area contributed by atoms with E-state index in [2.05, 4.69) is 80.8 Å². The lowest BCUT2D eigenvalue weighted by molar-refractivity contribution is 1.31. The molecule has 0 saturated heterocycles. The molecule has 102 valence electrons. The van der Waals surface area contributed by atoms with Gasteiger partial charge in [0.05, 0.1) is 8.07 Å². The summed E-state index contributed by atoms with van der Waals surface area (Å²) in [6.45, 7) is 13.4. The molecular formula is C19H22Si. The molecule has 0 radical (unpaired) electrons. The molecule has 0 atom stereocenters. The molecule has 0 bridgehead atoms. The topological polar surface area (TPSA) is 0 Å². The Morgan fingerprint density at radius 1 is 0.850 bits per heavy atom. The van der Waals surface area contributed by atoms with Crippen molar-refractivity contribution in [3.8, 4) is 0 Å². The predicted octanol–water partition coefficient (Wildman–Crippen LogP) is 5.29. The third-order valence-corrected chi connectivity index (χ3v) is 7.02. The number of rotatable bonds is 5. The van der Waals surface area contributed by atoms with Crippen LogP contribution in [0.25, 0.3) is 5.57 Å². The Morgan fingerprint density at radius 3 is 1.90 bits per heavy atom. The fourth-order valence-corrected chi connectivity index (χ4v) is 4.87. The summed E-state index contributed by atoms with van der Waals surface area (Å²) in [6, 6.07) is 22.2. The number of allylic oxidation sites excluding steroid dienone is 2. The standard InChI is InChI=1S/C19H22Si/c1-16(19-13-9-6-10-14-19)17(2)20(3,4)15-18-11-7-5-8-12-18/h5-14H,1-2,15H2,3-4H3. The zero-order chi connectivity index (χ0) is 14.6. The fraction of sp³-hybridized carbons (Fsp3) is 0.158. The highest BCUT2D eigenvalue weighted by molar-refractivity contribution is 6.86. The van der Waals surface area contributed by atoms with Crippen molar-refractivity contribution in [3.05, 3.63) is 90.1 Å². The van der Waals surface area contributed by atoms with Crippen LogP contribution < -0.4 is 0 Å². The van der Waals surface area contributed by atoms with Crippen molar-refractivity contribution < 1.29 is 0 Å². The van der Waals surface area contributed by atoms with Crippen LogP contribution in [0.3, 0.4) is 0 Å². The molecule has 0 spiro atoms. The Bertz CT molecular complexity index is 594. The SMILES string of the molecule is C=C(C(=C)[Si](C)(C)Cc1ccccc1)c1ccccc1. The lowest BCUT2D eigenvalue weighted by atomic mass is 10.1. The van der Waals surface area contributed by atoms with E-state index in [1.807, 2.05) is 6.07 Å². The Morgan fingerprint density at radius 2 is 1.35 bits per heavy atom. The van der Waals surface area contributed by atoms with Gasteiger partial charge in [0.25, 0.3) is 0 Å². The predicted molar refractivity (Wildman–Crippen MR) is 92.2 cm³/mol. The second-order valence-corrected chi connectivity index (χ2v) is 10.6. The first-order valence-corrected chi connectivity index (χ1v) is 10.2. The van der Waals surface area contributed by atoms with Gasteiger partial charge in [-0.1, -0.05) is 97.7 Å². The van der Waals surface area contributed by atoms with E-state index in [1.165, 1.54) is 16.3 Å². The molecule has 1 heteroatoms. The van der Waals surface area contributed by atoms with Crippen LogP contribution in [0.2, 0.25) is 13.1 Å². The highest BCUT2D eigenvalue weighted by Crippen LogP contribution is 2.29. The smallest absolute Gasteiger partial charge is 0.0849 e. The van der Waals surface area contributed by atoms with Crippen LogP contribution in [-0.2, 0) is 6.04 Å². The second kappa shape index (κ2) is 6.06. The molecule has 0 aliphatic heterocycles. The maximum Gasteiger partial charge on any atom is 0.0849 e. The van der Waals surface area contributed by atoms with Crippen molar-refractivity contribution in [1.82, 2.24) is 0 Å². The van der Waals surface area contributed by atoms with Gasteiger partial charge in [0.1, 0.15) is 0 Å². The van der Waals surface area contributed by atoms with Gasteiger partial charge in [0.15, 0.2) is 0 Å².